The molecular formula is C13H16F6O2. The van der Waals surface area contributed by atoms with Crippen LogP contribution in [0.3, 0.4) is 0 Å². The van der Waals surface area contributed by atoms with Gasteiger partial charge in [-0.05, 0) is 18.8 Å². The lowest BCUT2D eigenvalue weighted by molar-refractivity contribution is -0.350. The molecule has 0 bridgehead atoms. The molecule has 0 amide bonds. The lowest BCUT2D eigenvalue weighted by Crippen LogP contribution is -2.50. The SMILES string of the molecule is CC(C)(/C=C/C1CC1)C1(OC(C(F)(F)F)C(F)(F)F)CO1. The fourth-order valence-electron chi connectivity index (χ4n) is 1.96. The first kappa shape index (κ1) is 16.6. The molecule has 1 heterocycles. The summed E-state index contributed by atoms with van der Waals surface area (Å²) >= 11 is 0. The summed E-state index contributed by atoms with van der Waals surface area (Å²) in [6.07, 6.45) is -9.57. The first-order chi connectivity index (χ1) is 9.37. The van der Waals surface area contributed by atoms with Gasteiger partial charge in [0.15, 0.2) is 0 Å². The second kappa shape index (κ2) is 4.87. The smallest absolute Gasteiger partial charge is 0.341 e. The van der Waals surface area contributed by atoms with Gasteiger partial charge in [0.2, 0.25) is 5.79 Å². The molecule has 2 fully saturated rings. The first-order valence-electron chi connectivity index (χ1n) is 6.52. The van der Waals surface area contributed by atoms with Gasteiger partial charge in [0.25, 0.3) is 6.10 Å². The van der Waals surface area contributed by atoms with Gasteiger partial charge in [-0.2, -0.15) is 26.3 Å². The molecule has 21 heavy (non-hydrogen) atoms. The monoisotopic (exact) mass is 318 g/mol. The van der Waals surface area contributed by atoms with Crippen molar-refractivity contribution in [2.45, 2.75) is 50.9 Å². The van der Waals surface area contributed by atoms with E-state index in [1.54, 1.807) is 12.2 Å². The lowest BCUT2D eigenvalue weighted by atomic mass is 9.85. The molecular weight excluding hydrogens is 302 g/mol. The molecule has 1 saturated heterocycles. The zero-order valence-electron chi connectivity index (χ0n) is 11.5. The van der Waals surface area contributed by atoms with Crippen molar-refractivity contribution >= 4 is 0 Å². The molecule has 1 atom stereocenters. The van der Waals surface area contributed by atoms with Crippen LogP contribution in [0.1, 0.15) is 26.7 Å². The van der Waals surface area contributed by atoms with Gasteiger partial charge in [-0.15, -0.1) is 0 Å². The highest BCUT2D eigenvalue weighted by Crippen LogP contribution is 2.51. The third kappa shape index (κ3) is 3.71. The van der Waals surface area contributed by atoms with Crippen molar-refractivity contribution in [2.24, 2.45) is 11.3 Å². The number of allylic oxidation sites excluding steroid dienone is 1. The summed E-state index contributed by atoms with van der Waals surface area (Å²) in [6.45, 7) is 2.71. The quantitative estimate of drug-likeness (QED) is 0.430. The number of alkyl halides is 6. The second-order valence-corrected chi connectivity index (χ2v) is 6.04. The molecule has 0 radical (unpaired) electrons. The zero-order valence-corrected chi connectivity index (χ0v) is 11.5. The van der Waals surface area contributed by atoms with E-state index >= 15 is 0 Å². The van der Waals surface area contributed by atoms with Crippen LogP contribution >= 0.6 is 0 Å². The number of halogens is 6. The lowest BCUT2D eigenvalue weighted by Gasteiger charge is -2.33. The Hall–Kier alpha value is -0.760. The van der Waals surface area contributed by atoms with Gasteiger partial charge in [0.1, 0.15) is 6.61 Å². The number of ether oxygens (including phenoxy) is 2. The van der Waals surface area contributed by atoms with Crippen LogP contribution in [0.25, 0.3) is 0 Å². The molecule has 0 aromatic heterocycles. The molecule has 0 spiro atoms. The molecule has 1 unspecified atom stereocenters. The van der Waals surface area contributed by atoms with Crippen LogP contribution < -0.4 is 0 Å². The Bertz CT molecular complexity index is 401. The summed E-state index contributed by atoms with van der Waals surface area (Å²) in [5.41, 5.74) is -1.08. The van der Waals surface area contributed by atoms with Crippen LogP contribution in [-0.4, -0.2) is 30.9 Å². The molecule has 1 saturated carbocycles. The van der Waals surface area contributed by atoms with E-state index in [1.807, 2.05) is 0 Å². The fraction of sp³-hybridized carbons (Fsp3) is 0.846. The van der Waals surface area contributed by atoms with E-state index in [9.17, 15) is 26.3 Å². The summed E-state index contributed by atoms with van der Waals surface area (Å²) in [6, 6.07) is 0. The fourth-order valence-corrected chi connectivity index (χ4v) is 1.96. The van der Waals surface area contributed by atoms with Gasteiger partial charge < -0.3 is 9.47 Å². The van der Waals surface area contributed by atoms with Gasteiger partial charge >= 0.3 is 12.4 Å². The molecule has 0 aromatic rings. The first-order valence-corrected chi connectivity index (χ1v) is 6.52. The van der Waals surface area contributed by atoms with Crippen molar-refractivity contribution in [3.05, 3.63) is 12.2 Å². The maximum absolute atomic E-state index is 12.6. The van der Waals surface area contributed by atoms with Crippen molar-refractivity contribution in [3.8, 4) is 0 Å². The van der Waals surface area contributed by atoms with Crippen LogP contribution in [0.2, 0.25) is 0 Å². The van der Waals surface area contributed by atoms with E-state index in [1.165, 1.54) is 13.8 Å². The van der Waals surface area contributed by atoms with E-state index in [0.717, 1.165) is 12.8 Å². The number of rotatable bonds is 5. The minimum atomic E-state index is -5.53. The molecule has 122 valence electrons. The molecule has 2 nitrogen and oxygen atoms in total. The van der Waals surface area contributed by atoms with Crippen LogP contribution in [0.4, 0.5) is 26.3 Å². The van der Waals surface area contributed by atoms with E-state index in [-0.39, 0.29) is 6.61 Å². The molecule has 0 N–H and O–H groups in total. The van der Waals surface area contributed by atoms with Gasteiger partial charge in [0, 0.05) is 5.41 Å². The molecule has 0 aromatic carbocycles. The Morgan fingerprint density at radius 3 is 1.90 bits per heavy atom. The van der Waals surface area contributed by atoms with Crippen molar-refractivity contribution in [2.75, 3.05) is 6.61 Å². The Labute approximate surface area is 118 Å². The minimum Gasteiger partial charge on any atom is -0.341 e. The summed E-state index contributed by atoms with van der Waals surface area (Å²) in [7, 11) is 0. The van der Waals surface area contributed by atoms with E-state index in [2.05, 4.69) is 4.74 Å². The highest BCUT2D eigenvalue weighted by Gasteiger charge is 2.67. The van der Waals surface area contributed by atoms with E-state index in [4.69, 9.17) is 4.74 Å². The van der Waals surface area contributed by atoms with Gasteiger partial charge in [-0.1, -0.05) is 26.0 Å². The van der Waals surface area contributed by atoms with E-state index in [0.29, 0.717) is 5.92 Å². The molecule has 8 heteroatoms. The Kier molecular flexibility index (Phi) is 3.85. The summed E-state index contributed by atoms with van der Waals surface area (Å²) in [4.78, 5) is 0. The average Bonchev–Trinajstić information content (AvgIpc) is 3.15. The second-order valence-electron chi connectivity index (χ2n) is 6.04. The number of hydrogen-bond donors (Lipinski definition) is 0. The highest BCUT2D eigenvalue weighted by atomic mass is 19.4. The zero-order chi connectivity index (χ0) is 16.1. The predicted molar refractivity (Wildman–Crippen MR) is 61.3 cm³/mol. The van der Waals surface area contributed by atoms with Crippen molar-refractivity contribution in [1.29, 1.82) is 0 Å². The number of epoxide rings is 1. The Balaban J connectivity index is 2.15. The normalized spacial score (nSPS) is 27.7. The van der Waals surface area contributed by atoms with Gasteiger partial charge in [0.05, 0.1) is 0 Å². The van der Waals surface area contributed by atoms with Crippen LogP contribution in [-0.2, 0) is 9.47 Å². The summed E-state index contributed by atoms with van der Waals surface area (Å²) in [5.74, 6) is -1.53. The maximum Gasteiger partial charge on any atom is 0.423 e. The highest BCUT2D eigenvalue weighted by molar-refractivity contribution is 5.12. The van der Waals surface area contributed by atoms with Crippen molar-refractivity contribution < 1.29 is 35.8 Å². The molecule has 2 rings (SSSR count). The van der Waals surface area contributed by atoms with Crippen LogP contribution in [0.5, 0.6) is 0 Å². The summed E-state index contributed by atoms with van der Waals surface area (Å²) < 4.78 is 84.6. The summed E-state index contributed by atoms with van der Waals surface area (Å²) in [5, 5.41) is 0. The topological polar surface area (TPSA) is 21.8 Å². The standard InChI is InChI=1S/C13H16F6O2/c1-10(2,6-5-8-3-4-8)11(7-20-11)21-9(12(14,15)16)13(17,18)19/h5-6,8-9H,3-4,7H2,1-2H3/b6-5+. The van der Waals surface area contributed by atoms with Crippen molar-refractivity contribution in [3.63, 3.8) is 0 Å². The predicted octanol–water partition coefficient (Wildman–Crippen LogP) is 4.22. The molecule has 1 aliphatic heterocycles. The molecule has 2 aliphatic rings. The maximum atomic E-state index is 12.6. The van der Waals surface area contributed by atoms with Crippen LogP contribution in [0, 0.1) is 11.3 Å². The van der Waals surface area contributed by atoms with Crippen molar-refractivity contribution in [1.82, 2.24) is 0 Å². The van der Waals surface area contributed by atoms with Gasteiger partial charge in [-0.3, -0.25) is 0 Å². The third-order valence-corrected chi connectivity index (χ3v) is 3.70. The Morgan fingerprint density at radius 1 is 1.10 bits per heavy atom. The Morgan fingerprint density at radius 2 is 1.57 bits per heavy atom. The third-order valence-electron chi connectivity index (χ3n) is 3.70. The number of hydrogen-bond acceptors (Lipinski definition) is 2. The molecule has 1 aliphatic carbocycles. The van der Waals surface area contributed by atoms with Gasteiger partial charge in [-0.25, -0.2) is 0 Å². The van der Waals surface area contributed by atoms with E-state index < -0.39 is 29.7 Å². The largest absolute Gasteiger partial charge is 0.423 e. The minimum absolute atomic E-state index is 0.294. The van der Waals surface area contributed by atoms with Crippen LogP contribution in [0.15, 0.2) is 12.2 Å². The average molecular weight is 318 g/mol.